The molecule has 2 heterocycles. The van der Waals surface area contributed by atoms with Crippen LogP contribution in [0.1, 0.15) is 5.69 Å². The van der Waals surface area contributed by atoms with Crippen LogP contribution in [0.25, 0.3) is 0 Å². The van der Waals surface area contributed by atoms with E-state index in [1.807, 2.05) is 13.0 Å². The number of aromatic nitrogens is 2. The Hall–Kier alpha value is -0.910. The molecule has 0 spiro atoms. The molecule has 5 nitrogen and oxygen atoms in total. The van der Waals surface area contributed by atoms with Crippen molar-refractivity contribution in [1.29, 1.82) is 0 Å². The predicted octanol–water partition coefficient (Wildman–Crippen LogP) is 0.553. The number of aliphatic hydroxyl groups excluding tert-OH is 1. The van der Waals surface area contributed by atoms with Gasteiger partial charge in [-0.2, -0.15) is 0 Å². The fourth-order valence-electron chi connectivity index (χ4n) is 2.02. The molecule has 6 heteroatoms. The third-order valence-electron chi connectivity index (χ3n) is 2.93. The van der Waals surface area contributed by atoms with Gasteiger partial charge in [-0.3, -0.25) is 4.90 Å². The van der Waals surface area contributed by atoms with E-state index in [4.69, 9.17) is 16.7 Å². The number of aryl methyl sites for hydroxylation is 1. The van der Waals surface area contributed by atoms with E-state index < -0.39 is 0 Å². The van der Waals surface area contributed by atoms with Gasteiger partial charge in [0.2, 0.25) is 5.28 Å². The minimum absolute atomic E-state index is 0.221. The van der Waals surface area contributed by atoms with Gasteiger partial charge in [0.05, 0.1) is 6.61 Å². The van der Waals surface area contributed by atoms with Gasteiger partial charge in [-0.1, -0.05) is 0 Å². The largest absolute Gasteiger partial charge is 0.395 e. The maximum absolute atomic E-state index is 8.88. The number of anilines is 1. The molecule has 0 saturated carbocycles. The summed E-state index contributed by atoms with van der Waals surface area (Å²) in [4.78, 5) is 12.7. The van der Waals surface area contributed by atoms with Crippen LogP contribution >= 0.6 is 11.6 Å². The second-order valence-corrected chi connectivity index (χ2v) is 4.53. The van der Waals surface area contributed by atoms with Crippen LogP contribution in [0.3, 0.4) is 0 Å². The lowest BCUT2D eigenvalue weighted by atomic mass is 10.3. The first-order chi connectivity index (χ1) is 8.19. The summed E-state index contributed by atoms with van der Waals surface area (Å²) < 4.78 is 0. The minimum Gasteiger partial charge on any atom is -0.395 e. The summed E-state index contributed by atoms with van der Waals surface area (Å²) in [5.41, 5.74) is 0.887. The number of nitrogens with zero attached hydrogens (tertiary/aromatic N) is 4. The third-order valence-corrected chi connectivity index (χ3v) is 3.09. The number of β-amino-alcohol motifs (C(OH)–C–C–N with tert-alkyl or cyclic N) is 1. The maximum atomic E-state index is 8.88. The minimum atomic E-state index is 0.221. The summed E-state index contributed by atoms with van der Waals surface area (Å²) in [5, 5.41) is 9.18. The third kappa shape index (κ3) is 3.28. The molecule has 1 aromatic rings. The summed E-state index contributed by atoms with van der Waals surface area (Å²) in [6, 6.07) is 1.95. The van der Waals surface area contributed by atoms with Crippen LogP contribution in [0.4, 0.5) is 5.82 Å². The van der Waals surface area contributed by atoms with E-state index in [2.05, 4.69) is 19.8 Å². The van der Waals surface area contributed by atoms with Crippen LogP contribution in [0.2, 0.25) is 5.28 Å². The molecule has 0 bridgehead atoms. The highest BCUT2D eigenvalue weighted by Gasteiger charge is 2.18. The molecular weight excluding hydrogens is 240 g/mol. The van der Waals surface area contributed by atoms with Crippen molar-refractivity contribution in [3.63, 3.8) is 0 Å². The molecule has 1 N–H and O–H groups in total. The standard InChI is InChI=1S/C11H17ClN4O/c1-9-8-10(14-11(12)13-9)16-4-2-15(3-5-16)6-7-17/h8,17H,2-7H2,1H3. The predicted molar refractivity (Wildman–Crippen MR) is 67.5 cm³/mol. The first kappa shape index (κ1) is 12.5. The molecule has 1 fully saturated rings. The van der Waals surface area contributed by atoms with Gasteiger partial charge in [0.1, 0.15) is 5.82 Å². The second kappa shape index (κ2) is 5.62. The fourth-order valence-corrected chi connectivity index (χ4v) is 2.24. The molecule has 0 radical (unpaired) electrons. The maximum Gasteiger partial charge on any atom is 0.224 e. The molecule has 0 atom stereocenters. The van der Waals surface area contributed by atoms with Crippen molar-refractivity contribution in [3.05, 3.63) is 17.0 Å². The van der Waals surface area contributed by atoms with E-state index in [-0.39, 0.29) is 6.61 Å². The van der Waals surface area contributed by atoms with E-state index in [0.29, 0.717) is 5.28 Å². The molecule has 0 aromatic carbocycles. The first-order valence-corrected chi connectivity index (χ1v) is 6.16. The van der Waals surface area contributed by atoms with Crippen LogP contribution in [0, 0.1) is 6.92 Å². The zero-order valence-electron chi connectivity index (χ0n) is 9.93. The highest BCUT2D eigenvalue weighted by atomic mass is 35.5. The van der Waals surface area contributed by atoms with Crippen molar-refractivity contribution in [2.75, 3.05) is 44.2 Å². The van der Waals surface area contributed by atoms with E-state index in [1.165, 1.54) is 0 Å². The highest BCUT2D eigenvalue weighted by Crippen LogP contribution is 2.16. The zero-order chi connectivity index (χ0) is 12.3. The Balaban J connectivity index is 2.00. The summed E-state index contributed by atoms with van der Waals surface area (Å²) in [6.45, 7) is 6.59. The normalized spacial score (nSPS) is 17.5. The van der Waals surface area contributed by atoms with Crippen LogP contribution in [-0.4, -0.2) is 59.3 Å². The lowest BCUT2D eigenvalue weighted by molar-refractivity contribution is 0.188. The molecule has 1 aliphatic rings. The van der Waals surface area contributed by atoms with E-state index in [1.54, 1.807) is 0 Å². The van der Waals surface area contributed by atoms with Crippen molar-refractivity contribution in [1.82, 2.24) is 14.9 Å². The van der Waals surface area contributed by atoms with Gasteiger partial charge < -0.3 is 10.0 Å². The second-order valence-electron chi connectivity index (χ2n) is 4.19. The van der Waals surface area contributed by atoms with Crippen molar-refractivity contribution >= 4 is 17.4 Å². The molecule has 2 rings (SSSR count). The summed E-state index contributed by atoms with van der Waals surface area (Å²) >= 11 is 5.86. The Morgan fingerprint density at radius 2 is 2.00 bits per heavy atom. The monoisotopic (exact) mass is 256 g/mol. The fraction of sp³-hybridized carbons (Fsp3) is 0.636. The Labute approximate surface area is 106 Å². The van der Waals surface area contributed by atoms with Gasteiger partial charge in [-0.15, -0.1) is 0 Å². The summed E-state index contributed by atoms with van der Waals surface area (Å²) in [5.74, 6) is 0.895. The van der Waals surface area contributed by atoms with Crippen molar-refractivity contribution in [2.45, 2.75) is 6.92 Å². The number of aliphatic hydroxyl groups is 1. The average Bonchev–Trinajstić information content (AvgIpc) is 2.29. The molecule has 0 aliphatic carbocycles. The van der Waals surface area contributed by atoms with Gasteiger partial charge in [0, 0.05) is 44.5 Å². The molecule has 0 unspecified atom stereocenters. The summed E-state index contributed by atoms with van der Waals surface area (Å²) in [7, 11) is 0. The molecular formula is C11H17ClN4O. The SMILES string of the molecule is Cc1cc(N2CCN(CCO)CC2)nc(Cl)n1. The Kier molecular flexibility index (Phi) is 4.15. The number of halogens is 1. The highest BCUT2D eigenvalue weighted by molar-refractivity contribution is 6.28. The van der Waals surface area contributed by atoms with Crippen molar-refractivity contribution in [2.24, 2.45) is 0 Å². The molecule has 1 aliphatic heterocycles. The van der Waals surface area contributed by atoms with E-state index in [0.717, 1.165) is 44.2 Å². The molecule has 1 aromatic heterocycles. The number of rotatable bonds is 3. The number of piperazine rings is 1. The summed E-state index contributed by atoms with van der Waals surface area (Å²) in [6.07, 6.45) is 0. The van der Waals surface area contributed by atoms with E-state index in [9.17, 15) is 0 Å². The number of hydrogen-bond acceptors (Lipinski definition) is 5. The van der Waals surface area contributed by atoms with Gasteiger partial charge in [-0.25, -0.2) is 9.97 Å². The van der Waals surface area contributed by atoms with Crippen molar-refractivity contribution in [3.8, 4) is 0 Å². The molecule has 94 valence electrons. The lowest BCUT2D eigenvalue weighted by Crippen LogP contribution is -2.47. The van der Waals surface area contributed by atoms with Crippen LogP contribution < -0.4 is 4.90 Å². The topological polar surface area (TPSA) is 52.5 Å². The van der Waals surface area contributed by atoms with Gasteiger partial charge >= 0.3 is 0 Å². The van der Waals surface area contributed by atoms with Gasteiger partial charge in [-0.05, 0) is 18.5 Å². The first-order valence-electron chi connectivity index (χ1n) is 5.78. The molecule has 0 amide bonds. The van der Waals surface area contributed by atoms with Crippen LogP contribution in [0.5, 0.6) is 0 Å². The molecule has 17 heavy (non-hydrogen) atoms. The van der Waals surface area contributed by atoms with Crippen LogP contribution in [-0.2, 0) is 0 Å². The Morgan fingerprint density at radius 1 is 1.29 bits per heavy atom. The quantitative estimate of drug-likeness (QED) is 0.801. The molecule has 1 saturated heterocycles. The van der Waals surface area contributed by atoms with Crippen molar-refractivity contribution < 1.29 is 5.11 Å². The smallest absolute Gasteiger partial charge is 0.224 e. The Morgan fingerprint density at radius 3 is 2.59 bits per heavy atom. The van der Waals surface area contributed by atoms with Crippen LogP contribution in [0.15, 0.2) is 6.07 Å². The average molecular weight is 257 g/mol. The van der Waals surface area contributed by atoms with E-state index >= 15 is 0 Å². The van der Waals surface area contributed by atoms with Gasteiger partial charge in [0.15, 0.2) is 0 Å². The Bertz CT molecular complexity index is 359. The lowest BCUT2D eigenvalue weighted by Gasteiger charge is -2.35. The number of hydrogen-bond donors (Lipinski definition) is 1. The van der Waals surface area contributed by atoms with Gasteiger partial charge in [0.25, 0.3) is 0 Å². The zero-order valence-corrected chi connectivity index (χ0v) is 10.7.